The van der Waals surface area contributed by atoms with Crippen LogP contribution in [0.5, 0.6) is 0 Å². The number of thioether (sulfide) groups is 1. The summed E-state index contributed by atoms with van der Waals surface area (Å²) in [6, 6.07) is 0. The molecule has 18 heavy (non-hydrogen) atoms. The van der Waals surface area contributed by atoms with Gasteiger partial charge in [0.15, 0.2) is 0 Å². The molecule has 0 aromatic carbocycles. The molecule has 0 aromatic heterocycles. The Morgan fingerprint density at radius 1 is 0.944 bits per heavy atom. The first kappa shape index (κ1) is 17.6. The lowest BCUT2D eigenvalue weighted by atomic mass is 10.1. The molecule has 3 heteroatoms. The van der Waals surface area contributed by atoms with Crippen molar-refractivity contribution in [2.24, 2.45) is 0 Å². The van der Waals surface area contributed by atoms with Crippen LogP contribution in [0.15, 0.2) is 11.5 Å². The van der Waals surface area contributed by atoms with Crippen LogP contribution < -0.4 is 0 Å². The average molecular weight is 272 g/mol. The number of carboxylic acid groups (broad SMARTS) is 1. The highest BCUT2D eigenvalue weighted by Crippen LogP contribution is 2.12. The molecule has 0 unspecified atom stereocenters. The van der Waals surface area contributed by atoms with Crippen LogP contribution in [-0.2, 0) is 4.79 Å². The molecule has 106 valence electrons. The van der Waals surface area contributed by atoms with E-state index in [1.807, 2.05) is 0 Å². The Labute approximate surface area is 116 Å². The molecule has 0 rings (SSSR count). The molecule has 0 fully saturated rings. The van der Waals surface area contributed by atoms with E-state index in [4.69, 9.17) is 5.11 Å². The van der Waals surface area contributed by atoms with E-state index in [2.05, 4.69) is 6.92 Å². The molecule has 0 atom stereocenters. The maximum Gasteiger partial charge on any atom is 0.328 e. The normalized spacial score (nSPS) is 11.2. The van der Waals surface area contributed by atoms with Gasteiger partial charge in [0, 0.05) is 6.08 Å². The second kappa shape index (κ2) is 14.6. The highest BCUT2D eigenvalue weighted by atomic mass is 32.2. The Balaban J connectivity index is 3.01. The summed E-state index contributed by atoms with van der Waals surface area (Å²) in [6.07, 6.45) is 14.7. The van der Waals surface area contributed by atoms with E-state index in [1.54, 1.807) is 17.2 Å². The standard InChI is InChI=1S/C15H28O2S/c1-2-3-4-5-6-7-8-9-10-11-13-18-14-12-15(16)17/h12,14H,2-11,13H2,1H3,(H,16,17). The predicted molar refractivity (Wildman–Crippen MR) is 81.1 cm³/mol. The van der Waals surface area contributed by atoms with Crippen molar-refractivity contribution >= 4 is 17.7 Å². The van der Waals surface area contributed by atoms with Gasteiger partial charge in [0.2, 0.25) is 0 Å². The van der Waals surface area contributed by atoms with Crippen LogP contribution in [0.4, 0.5) is 0 Å². The van der Waals surface area contributed by atoms with Crippen LogP contribution in [0.2, 0.25) is 0 Å². The molecule has 1 N–H and O–H groups in total. The zero-order chi connectivity index (χ0) is 13.5. The van der Waals surface area contributed by atoms with Gasteiger partial charge in [-0.15, -0.1) is 11.8 Å². The van der Waals surface area contributed by atoms with E-state index in [1.165, 1.54) is 70.3 Å². The van der Waals surface area contributed by atoms with E-state index < -0.39 is 5.97 Å². The van der Waals surface area contributed by atoms with Crippen molar-refractivity contribution in [1.82, 2.24) is 0 Å². The SMILES string of the molecule is CCCCCCCCCCCCSC=CC(=O)O. The van der Waals surface area contributed by atoms with Gasteiger partial charge >= 0.3 is 5.97 Å². The van der Waals surface area contributed by atoms with E-state index in [0.29, 0.717) is 0 Å². The summed E-state index contributed by atoms with van der Waals surface area (Å²) in [5, 5.41) is 10.1. The van der Waals surface area contributed by atoms with Crippen molar-refractivity contribution in [3.63, 3.8) is 0 Å². The smallest absolute Gasteiger partial charge is 0.328 e. The summed E-state index contributed by atoms with van der Waals surface area (Å²) in [6.45, 7) is 2.25. The molecular formula is C15H28O2S. The van der Waals surface area contributed by atoms with Crippen molar-refractivity contribution < 1.29 is 9.90 Å². The number of hydrogen-bond donors (Lipinski definition) is 1. The topological polar surface area (TPSA) is 37.3 Å². The van der Waals surface area contributed by atoms with E-state index in [-0.39, 0.29) is 0 Å². The lowest BCUT2D eigenvalue weighted by molar-refractivity contribution is -0.131. The highest BCUT2D eigenvalue weighted by Gasteiger charge is 1.92. The van der Waals surface area contributed by atoms with Gasteiger partial charge in [-0.25, -0.2) is 4.79 Å². The Bertz CT molecular complexity index is 215. The first-order valence-electron chi connectivity index (χ1n) is 7.28. The quantitative estimate of drug-likeness (QED) is 0.368. The molecule has 0 heterocycles. The Morgan fingerprint density at radius 3 is 1.94 bits per heavy atom. The van der Waals surface area contributed by atoms with Crippen LogP contribution in [0, 0.1) is 0 Å². The van der Waals surface area contributed by atoms with Gasteiger partial charge in [-0.1, -0.05) is 64.7 Å². The summed E-state index contributed by atoms with van der Waals surface area (Å²) in [5.41, 5.74) is 0. The number of carboxylic acids is 1. The van der Waals surface area contributed by atoms with Gasteiger partial charge in [0.05, 0.1) is 0 Å². The van der Waals surface area contributed by atoms with Gasteiger partial charge in [-0.05, 0) is 17.6 Å². The van der Waals surface area contributed by atoms with E-state index in [0.717, 1.165) is 5.75 Å². The maximum absolute atomic E-state index is 10.2. The van der Waals surface area contributed by atoms with Crippen LogP contribution in [-0.4, -0.2) is 16.8 Å². The van der Waals surface area contributed by atoms with Gasteiger partial charge in [-0.3, -0.25) is 0 Å². The van der Waals surface area contributed by atoms with Gasteiger partial charge in [0.25, 0.3) is 0 Å². The van der Waals surface area contributed by atoms with Crippen LogP contribution >= 0.6 is 11.8 Å². The zero-order valence-electron chi connectivity index (χ0n) is 11.7. The van der Waals surface area contributed by atoms with Crippen molar-refractivity contribution in [2.45, 2.75) is 71.1 Å². The third kappa shape index (κ3) is 15.6. The summed E-state index contributed by atoms with van der Waals surface area (Å²) in [5.74, 6) is 0.186. The molecule has 0 aliphatic carbocycles. The van der Waals surface area contributed by atoms with Gasteiger partial charge < -0.3 is 5.11 Å². The zero-order valence-corrected chi connectivity index (χ0v) is 12.5. The predicted octanol–water partition coefficient (Wildman–Crippen LogP) is 5.24. The molecule has 0 aliphatic heterocycles. The fourth-order valence-electron chi connectivity index (χ4n) is 1.85. The number of rotatable bonds is 13. The first-order chi connectivity index (χ1) is 8.77. The van der Waals surface area contributed by atoms with Crippen molar-refractivity contribution in [3.8, 4) is 0 Å². The number of unbranched alkanes of at least 4 members (excludes halogenated alkanes) is 9. The molecule has 0 saturated carbocycles. The molecule has 0 amide bonds. The second-order valence-corrected chi connectivity index (χ2v) is 5.71. The summed E-state index contributed by atoms with van der Waals surface area (Å²) in [4.78, 5) is 10.2. The molecule has 0 aromatic rings. The fraction of sp³-hybridized carbons (Fsp3) is 0.800. The van der Waals surface area contributed by atoms with Crippen molar-refractivity contribution in [3.05, 3.63) is 11.5 Å². The van der Waals surface area contributed by atoms with Crippen molar-refractivity contribution in [2.75, 3.05) is 5.75 Å². The van der Waals surface area contributed by atoms with E-state index in [9.17, 15) is 4.79 Å². The Kier molecular flexibility index (Phi) is 14.3. The molecule has 0 saturated heterocycles. The molecular weight excluding hydrogens is 244 g/mol. The van der Waals surface area contributed by atoms with Crippen molar-refractivity contribution in [1.29, 1.82) is 0 Å². The van der Waals surface area contributed by atoms with Crippen LogP contribution in [0.25, 0.3) is 0 Å². The molecule has 0 aliphatic rings. The monoisotopic (exact) mass is 272 g/mol. The lowest BCUT2D eigenvalue weighted by Crippen LogP contribution is -1.85. The van der Waals surface area contributed by atoms with E-state index >= 15 is 0 Å². The third-order valence-electron chi connectivity index (χ3n) is 2.92. The minimum absolute atomic E-state index is 0.856. The second-order valence-electron chi connectivity index (χ2n) is 4.69. The molecule has 0 bridgehead atoms. The summed E-state index contributed by atoms with van der Waals surface area (Å²) < 4.78 is 0. The number of hydrogen-bond acceptors (Lipinski definition) is 2. The minimum atomic E-state index is -0.856. The number of carbonyl (C=O) groups is 1. The maximum atomic E-state index is 10.2. The molecule has 0 radical (unpaired) electrons. The Hall–Kier alpha value is -0.440. The van der Waals surface area contributed by atoms with Gasteiger partial charge in [0.1, 0.15) is 0 Å². The highest BCUT2D eigenvalue weighted by molar-refractivity contribution is 8.02. The largest absolute Gasteiger partial charge is 0.478 e. The fourth-order valence-corrected chi connectivity index (χ4v) is 2.57. The number of aliphatic carboxylic acids is 1. The lowest BCUT2D eigenvalue weighted by Gasteiger charge is -2.01. The first-order valence-corrected chi connectivity index (χ1v) is 8.33. The van der Waals surface area contributed by atoms with Crippen LogP contribution in [0.1, 0.15) is 71.1 Å². The minimum Gasteiger partial charge on any atom is -0.478 e. The van der Waals surface area contributed by atoms with Crippen LogP contribution in [0.3, 0.4) is 0 Å². The summed E-state index contributed by atoms with van der Waals surface area (Å²) >= 11 is 1.60. The summed E-state index contributed by atoms with van der Waals surface area (Å²) in [7, 11) is 0. The third-order valence-corrected chi connectivity index (χ3v) is 3.78. The Morgan fingerprint density at radius 2 is 1.44 bits per heavy atom. The van der Waals surface area contributed by atoms with Gasteiger partial charge in [-0.2, -0.15) is 0 Å². The average Bonchev–Trinajstić information content (AvgIpc) is 2.34. The molecule has 2 nitrogen and oxygen atoms in total. The molecule has 0 spiro atoms.